The van der Waals surface area contributed by atoms with E-state index in [2.05, 4.69) is 10.3 Å². The van der Waals surface area contributed by atoms with Gasteiger partial charge in [-0.25, -0.2) is 9.78 Å². The fourth-order valence-electron chi connectivity index (χ4n) is 3.19. The van der Waals surface area contributed by atoms with Crippen LogP contribution in [0.4, 0.5) is 10.8 Å². The third-order valence-corrected chi connectivity index (χ3v) is 5.51. The van der Waals surface area contributed by atoms with Gasteiger partial charge in [0.2, 0.25) is 5.91 Å². The molecule has 1 aliphatic heterocycles. The second-order valence-electron chi connectivity index (χ2n) is 6.71. The number of hydrogen-bond donors (Lipinski definition) is 1. The van der Waals surface area contributed by atoms with E-state index in [0.717, 1.165) is 5.56 Å². The molecule has 2 aromatic carbocycles. The fraction of sp³-hybridized carbons (Fsp3) is 0.190. The van der Waals surface area contributed by atoms with Crippen LogP contribution >= 0.6 is 11.3 Å². The number of benzene rings is 2. The maximum Gasteiger partial charge on any atom is 0.338 e. The molecule has 0 aliphatic carbocycles. The summed E-state index contributed by atoms with van der Waals surface area (Å²) < 4.78 is 5.70. The number of nitrogens with zero attached hydrogens (tertiary/aromatic N) is 2. The summed E-state index contributed by atoms with van der Waals surface area (Å²) in [5.41, 5.74) is 2.61. The Morgan fingerprint density at radius 1 is 1.17 bits per heavy atom. The highest BCUT2D eigenvalue weighted by Crippen LogP contribution is 2.30. The normalized spacial score (nSPS) is 12.9. The zero-order valence-electron chi connectivity index (χ0n) is 16.2. The molecule has 8 nitrogen and oxygen atoms in total. The highest BCUT2D eigenvalue weighted by molar-refractivity contribution is 7.22. The van der Waals surface area contributed by atoms with Crippen molar-refractivity contribution in [3.63, 3.8) is 0 Å². The number of ketones is 1. The number of nitrogens with one attached hydrogen (secondary N) is 1. The molecule has 4 rings (SSSR count). The number of aromatic nitrogens is 1. The number of esters is 1. The number of hydrogen-bond acceptors (Lipinski definition) is 7. The Hall–Kier alpha value is -3.59. The third kappa shape index (κ3) is 3.55. The van der Waals surface area contributed by atoms with Gasteiger partial charge in [0.1, 0.15) is 6.54 Å². The van der Waals surface area contributed by atoms with Crippen molar-refractivity contribution in [2.45, 2.75) is 13.8 Å². The number of aryl methyl sites for hydroxylation is 1. The van der Waals surface area contributed by atoms with Gasteiger partial charge in [0, 0.05) is 0 Å². The highest BCUT2D eigenvalue weighted by Gasteiger charge is 2.36. The number of carbonyl (C=O) groups is 4. The van der Waals surface area contributed by atoms with Crippen LogP contribution < -0.4 is 10.2 Å². The van der Waals surface area contributed by atoms with Crippen molar-refractivity contribution < 1.29 is 23.9 Å². The molecule has 0 bridgehead atoms. The number of ether oxygens (including phenoxy) is 1. The van der Waals surface area contributed by atoms with Crippen molar-refractivity contribution in [3.8, 4) is 0 Å². The second kappa shape index (κ2) is 7.68. The molecule has 2 amide bonds. The molecule has 0 spiro atoms. The van der Waals surface area contributed by atoms with Crippen LogP contribution in [0.5, 0.6) is 0 Å². The van der Waals surface area contributed by atoms with Gasteiger partial charge < -0.3 is 10.1 Å². The van der Waals surface area contributed by atoms with E-state index >= 15 is 0 Å². The van der Waals surface area contributed by atoms with Crippen LogP contribution in [0, 0.1) is 6.92 Å². The Bertz CT molecular complexity index is 1220. The molecule has 0 fully saturated rings. The summed E-state index contributed by atoms with van der Waals surface area (Å²) in [5.74, 6) is -2.25. The van der Waals surface area contributed by atoms with E-state index in [1.807, 2.05) is 6.92 Å². The van der Waals surface area contributed by atoms with Crippen molar-refractivity contribution in [1.29, 1.82) is 0 Å². The molecule has 1 aromatic heterocycles. The van der Waals surface area contributed by atoms with Crippen LogP contribution in [0.3, 0.4) is 0 Å². The lowest BCUT2D eigenvalue weighted by Crippen LogP contribution is -2.37. The minimum atomic E-state index is -0.728. The maximum atomic E-state index is 12.5. The van der Waals surface area contributed by atoms with Crippen LogP contribution in [0.25, 0.3) is 10.2 Å². The first-order valence-corrected chi connectivity index (χ1v) is 10.0. The molecule has 0 saturated heterocycles. The smallest absolute Gasteiger partial charge is 0.338 e. The van der Waals surface area contributed by atoms with Gasteiger partial charge in [-0.05, 0) is 44.2 Å². The summed E-state index contributed by atoms with van der Waals surface area (Å²) >= 11 is 1.20. The van der Waals surface area contributed by atoms with E-state index in [9.17, 15) is 19.2 Å². The summed E-state index contributed by atoms with van der Waals surface area (Å²) in [7, 11) is 0. The maximum absolute atomic E-state index is 12.5. The Morgan fingerprint density at radius 3 is 2.73 bits per heavy atom. The van der Waals surface area contributed by atoms with Crippen LogP contribution in [0.1, 0.15) is 33.2 Å². The number of fused-ring (bicyclic) bond motifs is 2. The van der Waals surface area contributed by atoms with Gasteiger partial charge in [0.25, 0.3) is 11.7 Å². The minimum Gasteiger partial charge on any atom is -0.462 e. The summed E-state index contributed by atoms with van der Waals surface area (Å²) in [6.07, 6.45) is 0. The molecule has 0 unspecified atom stereocenters. The van der Waals surface area contributed by atoms with Crippen molar-refractivity contribution in [2.75, 3.05) is 23.4 Å². The number of thiazole rings is 1. The molecular weight excluding hydrogens is 406 g/mol. The van der Waals surface area contributed by atoms with Gasteiger partial charge >= 0.3 is 5.97 Å². The summed E-state index contributed by atoms with van der Waals surface area (Å²) in [6, 6.07) is 10.0. The van der Waals surface area contributed by atoms with Gasteiger partial charge in [0.05, 0.1) is 33.6 Å². The fourth-order valence-corrected chi connectivity index (χ4v) is 4.11. The second-order valence-corrected chi connectivity index (χ2v) is 7.74. The van der Waals surface area contributed by atoms with E-state index in [0.29, 0.717) is 32.2 Å². The van der Waals surface area contributed by atoms with Crippen molar-refractivity contribution >= 4 is 55.9 Å². The Balaban J connectivity index is 1.51. The zero-order chi connectivity index (χ0) is 21.4. The summed E-state index contributed by atoms with van der Waals surface area (Å²) in [5, 5.41) is 2.99. The standard InChI is InChI=1S/C21H17N3O5S/c1-3-29-20(28)12-5-6-14-16(9-12)30-21(22-14)23-17(25)10-24-15-7-4-11(2)8-13(15)18(26)19(24)27/h4-9H,3,10H2,1-2H3,(H,22,23,25). The predicted molar refractivity (Wildman–Crippen MR) is 112 cm³/mol. The number of anilines is 2. The summed E-state index contributed by atoms with van der Waals surface area (Å²) in [4.78, 5) is 54.4. The zero-order valence-corrected chi connectivity index (χ0v) is 17.0. The lowest BCUT2D eigenvalue weighted by molar-refractivity contribution is -0.118. The lowest BCUT2D eigenvalue weighted by Gasteiger charge is -2.15. The Morgan fingerprint density at radius 2 is 1.97 bits per heavy atom. The van der Waals surface area contributed by atoms with Crippen molar-refractivity contribution in [2.24, 2.45) is 0 Å². The quantitative estimate of drug-likeness (QED) is 0.500. The molecule has 2 heterocycles. The van der Waals surface area contributed by atoms with Gasteiger partial charge in [-0.1, -0.05) is 23.0 Å². The van der Waals surface area contributed by atoms with E-state index in [-0.39, 0.29) is 13.2 Å². The van der Waals surface area contributed by atoms with Crippen LogP contribution in [0.2, 0.25) is 0 Å². The van der Waals surface area contributed by atoms with Gasteiger partial charge in [-0.3, -0.25) is 19.3 Å². The minimum absolute atomic E-state index is 0.279. The monoisotopic (exact) mass is 423 g/mol. The first-order chi connectivity index (χ1) is 14.4. The first kappa shape index (κ1) is 19.7. The summed E-state index contributed by atoms with van der Waals surface area (Å²) in [6.45, 7) is 3.54. The molecule has 0 radical (unpaired) electrons. The number of carbonyl (C=O) groups excluding carboxylic acids is 4. The average molecular weight is 423 g/mol. The Kier molecular flexibility index (Phi) is 5.04. The number of rotatable bonds is 5. The molecule has 30 heavy (non-hydrogen) atoms. The van der Waals surface area contributed by atoms with E-state index in [4.69, 9.17) is 4.74 Å². The molecule has 152 valence electrons. The highest BCUT2D eigenvalue weighted by atomic mass is 32.1. The first-order valence-electron chi connectivity index (χ1n) is 9.21. The van der Waals surface area contributed by atoms with E-state index in [1.54, 1.807) is 43.3 Å². The molecule has 0 atom stereocenters. The van der Waals surface area contributed by atoms with Gasteiger partial charge in [-0.15, -0.1) is 0 Å². The molecule has 1 N–H and O–H groups in total. The number of Topliss-reactive ketones (excluding diaryl/α,β-unsaturated/α-hetero) is 1. The number of amides is 2. The van der Waals surface area contributed by atoms with Crippen molar-refractivity contribution in [3.05, 3.63) is 53.1 Å². The Labute approximate surface area is 175 Å². The largest absolute Gasteiger partial charge is 0.462 e. The van der Waals surface area contributed by atoms with Crippen LogP contribution in [0.15, 0.2) is 36.4 Å². The van der Waals surface area contributed by atoms with Crippen LogP contribution in [-0.2, 0) is 14.3 Å². The predicted octanol–water partition coefficient (Wildman–Crippen LogP) is 2.95. The molecule has 1 aliphatic rings. The van der Waals surface area contributed by atoms with Gasteiger partial charge in [0.15, 0.2) is 5.13 Å². The average Bonchev–Trinajstić information content (AvgIpc) is 3.21. The molecular formula is C21H17N3O5S. The van der Waals surface area contributed by atoms with Crippen LogP contribution in [-0.4, -0.2) is 41.7 Å². The van der Waals surface area contributed by atoms with Gasteiger partial charge in [-0.2, -0.15) is 0 Å². The third-order valence-electron chi connectivity index (χ3n) is 4.57. The lowest BCUT2D eigenvalue weighted by atomic mass is 10.1. The topological polar surface area (TPSA) is 106 Å². The van der Waals surface area contributed by atoms with E-state index < -0.39 is 23.6 Å². The SMILES string of the molecule is CCOC(=O)c1ccc2nc(NC(=O)CN3C(=O)C(=O)c4cc(C)ccc43)sc2c1. The molecule has 3 aromatic rings. The van der Waals surface area contributed by atoms with Crippen molar-refractivity contribution in [1.82, 2.24) is 4.98 Å². The molecule has 0 saturated carbocycles. The molecule has 9 heteroatoms. The van der Waals surface area contributed by atoms with E-state index in [1.165, 1.54) is 16.2 Å².